The maximum atomic E-state index is 5.96. The smallest absolute Gasteiger partial charge is 0.0179 e. The number of nitrogens with one attached hydrogen (secondary N) is 1. The van der Waals surface area contributed by atoms with E-state index in [2.05, 4.69) is 19.2 Å². The molecule has 1 atom stereocenters. The Bertz CT molecular complexity index is 136. The van der Waals surface area contributed by atoms with E-state index in [9.17, 15) is 0 Å². The van der Waals surface area contributed by atoms with Crippen molar-refractivity contribution in [2.75, 3.05) is 6.54 Å². The van der Waals surface area contributed by atoms with Crippen LogP contribution >= 0.6 is 0 Å². The van der Waals surface area contributed by atoms with Gasteiger partial charge >= 0.3 is 0 Å². The number of hydrogen-bond donors (Lipinski definition) is 2. The summed E-state index contributed by atoms with van der Waals surface area (Å²) in [7, 11) is 0. The monoisotopic (exact) mass is 184 g/mol. The molecular formula is C11H24N2. The summed E-state index contributed by atoms with van der Waals surface area (Å²) < 4.78 is 0. The molecule has 3 N–H and O–H groups in total. The van der Waals surface area contributed by atoms with E-state index in [4.69, 9.17) is 5.73 Å². The van der Waals surface area contributed by atoms with Gasteiger partial charge in [-0.1, -0.05) is 20.3 Å². The molecule has 78 valence electrons. The second-order valence-electron chi connectivity index (χ2n) is 4.42. The van der Waals surface area contributed by atoms with Crippen LogP contribution in [0, 0.1) is 0 Å². The predicted molar refractivity (Wildman–Crippen MR) is 57.8 cm³/mol. The molecule has 0 heterocycles. The molecule has 0 saturated heterocycles. The lowest BCUT2D eigenvalue weighted by Crippen LogP contribution is -2.53. The van der Waals surface area contributed by atoms with E-state index >= 15 is 0 Å². The normalized spacial score (nSPS) is 22.4. The van der Waals surface area contributed by atoms with E-state index in [0.29, 0.717) is 11.6 Å². The zero-order valence-corrected chi connectivity index (χ0v) is 9.10. The van der Waals surface area contributed by atoms with Gasteiger partial charge in [0.2, 0.25) is 0 Å². The molecular weight excluding hydrogens is 160 g/mol. The van der Waals surface area contributed by atoms with Gasteiger partial charge in [0.15, 0.2) is 0 Å². The van der Waals surface area contributed by atoms with Crippen LogP contribution in [0.4, 0.5) is 0 Å². The lowest BCUT2D eigenvalue weighted by molar-refractivity contribution is 0.174. The Morgan fingerprint density at radius 1 is 1.38 bits per heavy atom. The second kappa shape index (κ2) is 4.97. The van der Waals surface area contributed by atoms with Gasteiger partial charge in [-0.2, -0.15) is 0 Å². The summed E-state index contributed by atoms with van der Waals surface area (Å²) in [6.45, 7) is 5.47. The summed E-state index contributed by atoms with van der Waals surface area (Å²) in [6, 6.07) is 0.356. The highest BCUT2D eigenvalue weighted by Gasteiger charge is 2.34. The van der Waals surface area contributed by atoms with Gasteiger partial charge in [0.25, 0.3) is 0 Å². The minimum absolute atomic E-state index is 0.356. The van der Waals surface area contributed by atoms with Crippen LogP contribution < -0.4 is 11.1 Å². The molecule has 0 aromatic carbocycles. The van der Waals surface area contributed by atoms with Crippen LogP contribution in [0.15, 0.2) is 0 Å². The molecule has 1 unspecified atom stereocenters. The zero-order chi connectivity index (χ0) is 9.73. The molecule has 13 heavy (non-hydrogen) atoms. The van der Waals surface area contributed by atoms with Crippen LogP contribution in [0.2, 0.25) is 0 Å². The first kappa shape index (κ1) is 11.0. The van der Waals surface area contributed by atoms with E-state index in [1.807, 2.05) is 0 Å². The van der Waals surface area contributed by atoms with E-state index in [-0.39, 0.29) is 0 Å². The summed E-state index contributed by atoms with van der Waals surface area (Å²) in [5, 5.41) is 3.64. The molecule has 0 aromatic rings. The molecule has 0 aromatic heterocycles. The maximum absolute atomic E-state index is 5.96. The average molecular weight is 184 g/mol. The Balaban J connectivity index is 2.16. The number of hydrogen-bond acceptors (Lipinski definition) is 2. The minimum Gasteiger partial charge on any atom is -0.327 e. The van der Waals surface area contributed by atoms with Gasteiger partial charge in [-0.15, -0.1) is 0 Å². The molecule has 1 aliphatic carbocycles. The Kier molecular flexibility index (Phi) is 4.20. The van der Waals surface area contributed by atoms with Crippen LogP contribution in [-0.4, -0.2) is 18.1 Å². The molecule has 0 radical (unpaired) electrons. The van der Waals surface area contributed by atoms with Crippen LogP contribution in [0.5, 0.6) is 0 Å². The first-order valence-corrected chi connectivity index (χ1v) is 5.73. The van der Waals surface area contributed by atoms with Gasteiger partial charge in [0.05, 0.1) is 0 Å². The Morgan fingerprint density at radius 2 is 2.08 bits per heavy atom. The molecule has 2 heteroatoms. The largest absolute Gasteiger partial charge is 0.327 e. The van der Waals surface area contributed by atoms with E-state index in [1.54, 1.807) is 0 Å². The van der Waals surface area contributed by atoms with Crippen molar-refractivity contribution in [3.05, 3.63) is 0 Å². The Labute approximate surface area is 82.3 Å². The molecule has 1 saturated carbocycles. The van der Waals surface area contributed by atoms with Crippen molar-refractivity contribution >= 4 is 0 Å². The van der Waals surface area contributed by atoms with Crippen molar-refractivity contribution in [2.45, 2.75) is 64.0 Å². The van der Waals surface area contributed by atoms with Gasteiger partial charge < -0.3 is 11.1 Å². The SMILES string of the molecule is CCCC(N)CNC1(CC)CCC1. The van der Waals surface area contributed by atoms with Crippen LogP contribution in [0.1, 0.15) is 52.4 Å². The topological polar surface area (TPSA) is 38.0 Å². The van der Waals surface area contributed by atoms with Crippen molar-refractivity contribution in [2.24, 2.45) is 5.73 Å². The van der Waals surface area contributed by atoms with Crippen molar-refractivity contribution in [1.29, 1.82) is 0 Å². The van der Waals surface area contributed by atoms with Crippen LogP contribution in [0.3, 0.4) is 0 Å². The van der Waals surface area contributed by atoms with Crippen molar-refractivity contribution in [3.8, 4) is 0 Å². The molecule has 1 rings (SSSR count). The zero-order valence-electron chi connectivity index (χ0n) is 9.10. The third-order valence-electron chi connectivity index (χ3n) is 3.39. The highest BCUT2D eigenvalue weighted by molar-refractivity contribution is 4.95. The molecule has 0 aliphatic heterocycles. The second-order valence-corrected chi connectivity index (χ2v) is 4.42. The summed E-state index contributed by atoms with van der Waals surface area (Å²) in [4.78, 5) is 0. The third kappa shape index (κ3) is 2.96. The van der Waals surface area contributed by atoms with Crippen molar-refractivity contribution in [1.82, 2.24) is 5.32 Å². The molecule has 0 bridgehead atoms. The summed E-state index contributed by atoms with van der Waals surface area (Å²) in [6.07, 6.45) is 7.69. The molecule has 1 aliphatic rings. The fourth-order valence-electron chi connectivity index (χ4n) is 2.08. The molecule has 1 fully saturated rings. The Morgan fingerprint density at radius 3 is 2.46 bits per heavy atom. The predicted octanol–water partition coefficient (Wildman–Crippen LogP) is 2.04. The van der Waals surface area contributed by atoms with Gasteiger partial charge in [-0.3, -0.25) is 0 Å². The highest BCUT2D eigenvalue weighted by Crippen LogP contribution is 2.34. The molecule has 0 spiro atoms. The fourth-order valence-corrected chi connectivity index (χ4v) is 2.08. The van der Waals surface area contributed by atoms with E-state index in [1.165, 1.54) is 32.1 Å². The average Bonchev–Trinajstić information content (AvgIpc) is 2.04. The fraction of sp³-hybridized carbons (Fsp3) is 1.00. The van der Waals surface area contributed by atoms with Crippen molar-refractivity contribution < 1.29 is 0 Å². The van der Waals surface area contributed by atoms with Gasteiger partial charge in [0, 0.05) is 18.1 Å². The van der Waals surface area contributed by atoms with Crippen molar-refractivity contribution in [3.63, 3.8) is 0 Å². The van der Waals surface area contributed by atoms with Gasteiger partial charge in [-0.25, -0.2) is 0 Å². The maximum Gasteiger partial charge on any atom is 0.0179 e. The summed E-state index contributed by atoms with van der Waals surface area (Å²) in [5.74, 6) is 0. The quantitative estimate of drug-likeness (QED) is 0.663. The highest BCUT2D eigenvalue weighted by atomic mass is 15.0. The van der Waals surface area contributed by atoms with Crippen LogP contribution in [-0.2, 0) is 0 Å². The van der Waals surface area contributed by atoms with Crippen LogP contribution in [0.25, 0.3) is 0 Å². The third-order valence-corrected chi connectivity index (χ3v) is 3.39. The molecule has 2 nitrogen and oxygen atoms in total. The lowest BCUT2D eigenvalue weighted by atomic mass is 9.75. The lowest BCUT2D eigenvalue weighted by Gasteiger charge is -2.43. The first-order chi connectivity index (χ1) is 6.22. The Hall–Kier alpha value is -0.0800. The number of nitrogens with two attached hydrogens (primary N) is 1. The summed E-state index contributed by atoms with van der Waals surface area (Å²) >= 11 is 0. The van der Waals surface area contributed by atoms with E-state index in [0.717, 1.165) is 13.0 Å². The molecule has 0 amide bonds. The minimum atomic E-state index is 0.356. The first-order valence-electron chi connectivity index (χ1n) is 5.73. The standard InChI is InChI=1S/C11H24N2/c1-3-6-10(12)9-13-11(4-2)7-5-8-11/h10,13H,3-9,12H2,1-2H3. The number of rotatable bonds is 6. The van der Waals surface area contributed by atoms with Gasteiger partial charge in [-0.05, 0) is 32.1 Å². The summed E-state index contributed by atoms with van der Waals surface area (Å²) in [5.41, 5.74) is 6.43. The van der Waals surface area contributed by atoms with Gasteiger partial charge in [0.1, 0.15) is 0 Å². The van der Waals surface area contributed by atoms with E-state index < -0.39 is 0 Å².